The number of sulfonamides is 1. The Balaban J connectivity index is 1.99. The Bertz CT molecular complexity index is 896. The Kier molecular flexibility index (Phi) is 3.52. The number of aromatic nitrogens is 3. The molecule has 0 atom stereocenters. The van der Waals surface area contributed by atoms with Gasteiger partial charge in [0.2, 0.25) is 0 Å². The van der Waals surface area contributed by atoms with Gasteiger partial charge in [0.15, 0.2) is 15.1 Å². The molecule has 0 aliphatic rings. The summed E-state index contributed by atoms with van der Waals surface area (Å²) in [6, 6.07) is 1.68. The molecule has 0 unspecified atom stereocenters. The van der Waals surface area contributed by atoms with Crippen LogP contribution in [0.3, 0.4) is 0 Å². The van der Waals surface area contributed by atoms with Gasteiger partial charge in [0.25, 0.3) is 10.0 Å². The van der Waals surface area contributed by atoms with Crippen molar-refractivity contribution in [3.8, 4) is 0 Å². The van der Waals surface area contributed by atoms with Crippen molar-refractivity contribution in [2.45, 2.75) is 18.5 Å². The van der Waals surface area contributed by atoms with Crippen LogP contribution in [-0.2, 0) is 16.6 Å². The van der Waals surface area contributed by atoms with Gasteiger partial charge in [-0.1, -0.05) is 16.8 Å². The predicted molar refractivity (Wildman–Crippen MR) is 78.0 cm³/mol. The fraction of sp³-hybridized carbons (Fsp3) is 0.273. The lowest BCUT2D eigenvalue weighted by molar-refractivity contribution is 0.378. The minimum absolute atomic E-state index is 0.0370. The highest BCUT2D eigenvalue weighted by molar-refractivity contribution is 7.89. The third kappa shape index (κ3) is 2.46. The first-order valence-corrected chi connectivity index (χ1v) is 8.59. The minimum atomic E-state index is -3.78. The molecule has 112 valence electrons. The topological polar surface area (TPSA) is 80.7 Å². The van der Waals surface area contributed by atoms with Crippen LogP contribution in [0, 0.1) is 6.92 Å². The molecular weight excluding hydrogens is 336 g/mol. The number of fused-ring (bicyclic) bond motifs is 1. The summed E-state index contributed by atoms with van der Waals surface area (Å²) < 4.78 is 32.9. The molecule has 0 radical (unpaired) electrons. The fourth-order valence-electron chi connectivity index (χ4n) is 1.92. The van der Waals surface area contributed by atoms with Crippen LogP contribution in [0.15, 0.2) is 27.2 Å². The SMILES string of the molecule is Cc1cc(CN(C)S(=O)(=O)c2c(Cl)nc3sccn23)no1. The van der Waals surface area contributed by atoms with Crippen molar-refractivity contribution < 1.29 is 12.9 Å². The van der Waals surface area contributed by atoms with E-state index in [0.717, 1.165) is 4.31 Å². The van der Waals surface area contributed by atoms with Gasteiger partial charge < -0.3 is 4.52 Å². The summed E-state index contributed by atoms with van der Waals surface area (Å²) in [7, 11) is -2.33. The average molecular weight is 347 g/mol. The molecule has 0 bridgehead atoms. The molecular formula is C11H11ClN4O3S2. The van der Waals surface area contributed by atoms with E-state index in [-0.39, 0.29) is 16.7 Å². The van der Waals surface area contributed by atoms with Gasteiger partial charge in [0, 0.05) is 24.7 Å². The maximum Gasteiger partial charge on any atom is 0.262 e. The van der Waals surface area contributed by atoms with E-state index in [4.69, 9.17) is 16.1 Å². The van der Waals surface area contributed by atoms with Crippen LogP contribution in [0.25, 0.3) is 4.96 Å². The van der Waals surface area contributed by atoms with Crippen molar-refractivity contribution in [2.75, 3.05) is 7.05 Å². The van der Waals surface area contributed by atoms with Crippen molar-refractivity contribution in [1.29, 1.82) is 0 Å². The van der Waals surface area contributed by atoms with Gasteiger partial charge in [0.1, 0.15) is 5.76 Å². The van der Waals surface area contributed by atoms with Crippen molar-refractivity contribution >= 4 is 37.9 Å². The Hall–Kier alpha value is -1.42. The monoisotopic (exact) mass is 346 g/mol. The molecule has 0 N–H and O–H groups in total. The molecule has 21 heavy (non-hydrogen) atoms. The molecule has 3 aromatic heterocycles. The number of rotatable bonds is 4. The van der Waals surface area contributed by atoms with E-state index in [9.17, 15) is 8.42 Å². The first-order valence-electron chi connectivity index (χ1n) is 5.89. The molecule has 3 rings (SSSR count). The summed E-state index contributed by atoms with van der Waals surface area (Å²) in [6.45, 7) is 1.83. The summed E-state index contributed by atoms with van der Waals surface area (Å²) >= 11 is 7.29. The van der Waals surface area contributed by atoms with E-state index in [1.807, 2.05) is 0 Å². The quantitative estimate of drug-likeness (QED) is 0.723. The number of halogens is 1. The van der Waals surface area contributed by atoms with Crippen LogP contribution in [0.2, 0.25) is 5.15 Å². The van der Waals surface area contributed by atoms with Crippen LogP contribution in [0.5, 0.6) is 0 Å². The number of hydrogen-bond acceptors (Lipinski definition) is 6. The van der Waals surface area contributed by atoms with Crippen molar-refractivity contribution in [2.24, 2.45) is 0 Å². The number of hydrogen-bond donors (Lipinski definition) is 0. The molecule has 10 heteroatoms. The van der Waals surface area contributed by atoms with E-state index in [1.165, 1.54) is 22.8 Å². The number of nitrogens with zero attached hydrogens (tertiary/aromatic N) is 4. The van der Waals surface area contributed by atoms with Crippen LogP contribution in [-0.4, -0.2) is 34.3 Å². The first-order chi connectivity index (χ1) is 9.89. The number of thiazole rings is 1. The summed E-state index contributed by atoms with van der Waals surface area (Å²) in [4.78, 5) is 4.57. The number of aryl methyl sites for hydroxylation is 1. The van der Waals surface area contributed by atoms with Crippen molar-refractivity contribution in [3.05, 3.63) is 34.3 Å². The molecule has 0 fully saturated rings. The molecule has 3 aromatic rings. The summed E-state index contributed by atoms with van der Waals surface area (Å²) in [5.74, 6) is 0.624. The van der Waals surface area contributed by atoms with Gasteiger partial charge in [-0.05, 0) is 6.92 Å². The molecule has 0 spiro atoms. The van der Waals surface area contributed by atoms with Gasteiger partial charge in [-0.2, -0.15) is 4.31 Å². The Labute approximate surface area is 129 Å². The van der Waals surface area contributed by atoms with Crippen LogP contribution in [0.4, 0.5) is 0 Å². The molecule has 7 nitrogen and oxygen atoms in total. The Morgan fingerprint density at radius 2 is 2.29 bits per heavy atom. The smallest absolute Gasteiger partial charge is 0.262 e. The average Bonchev–Trinajstić information content (AvgIpc) is 3.05. The second-order valence-electron chi connectivity index (χ2n) is 4.45. The summed E-state index contributed by atoms with van der Waals surface area (Å²) in [6.07, 6.45) is 1.62. The van der Waals surface area contributed by atoms with E-state index >= 15 is 0 Å². The Morgan fingerprint density at radius 1 is 1.52 bits per heavy atom. The molecule has 0 amide bonds. The third-order valence-electron chi connectivity index (χ3n) is 2.89. The first kappa shape index (κ1) is 14.5. The predicted octanol–water partition coefficient (Wildman–Crippen LogP) is 2.17. The zero-order valence-corrected chi connectivity index (χ0v) is 13.5. The zero-order chi connectivity index (χ0) is 15.2. The van der Waals surface area contributed by atoms with E-state index in [1.54, 1.807) is 24.6 Å². The lowest BCUT2D eigenvalue weighted by Gasteiger charge is -2.15. The van der Waals surface area contributed by atoms with E-state index in [0.29, 0.717) is 16.4 Å². The minimum Gasteiger partial charge on any atom is -0.361 e. The fourth-order valence-corrected chi connectivity index (χ4v) is 4.46. The lowest BCUT2D eigenvalue weighted by Crippen LogP contribution is -2.27. The molecule has 0 aliphatic heterocycles. The van der Waals surface area contributed by atoms with Gasteiger partial charge in [-0.15, -0.1) is 11.3 Å². The maximum atomic E-state index is 12.7. The second kappa shape index (κ2) is 5.09. The zero-order valence-electron chi connectivity index (χ0n) is 11.1. The van der Waals surface area contributed by atoms with Crippen LogP contribution in [0.1, 0.15) is 11.5 Å². The van der Waals surface area contributed by atoms with Crippen molar-refractivity contribution in [1.82, 2.24) is 18.8 Å². The van der Waals surface area contributed by atoms with Gasteiger partial charge in [0.05, 0.1) is 12.2 Å². The third-order valence-corrected chi connectivity index (χ3v) is 5.86. The van der Waals surface area contributed by atoms with E-state index in [2.05, 4.69) is 10.1 Å². The standard InChI is InChI=1S/C11H11ClN4O3S2/c1-7-5-8(14-19-7)6-15(2)21(17,18)10-9(12)13-11-16(10)3-4-20-11/h3-5H,6H2,1-2H3. The molecule has 3 heterocycles. The van der Waals surface area contributed by atoms with Gasteiger partial charge in [-0.3, -0.25) is 4.40 Å². The normalized spacial score (nSPS) is 12.6. The lowest BCUT2D eigenvalue weighted by atomic mass is 10.4. The molecule has 0 aromatic carbocycles. The molecule has 0 aliphatic carbocycles. The summed E-state index contributed by atoms with van der Waals surface area (Å²) in [5, 5.41) is 5.46. The largest absolute Gasteiger partial charge is 0.361 e. The molecule has 0 saturated carbocycles. The highest BCUT2D eigenvalue weighted by Gasteiger charge is 2.29. The van der Waals surface area contributed by atoms with Crippen LogP contribution < -0.4 is 0 Å². The van der Waals surface area contributed by atoms with E-state index < -0.39 is 10.0 Å². The summed E-state index contributed by atoms with van der Waals surface area (Å²) in [5.41, 5.74) is 0.528. The maximum absolute atomic E-state index is 12.7. The van der Waals surface area contributed by atoms with Gasteiger partial charge >= 0.3 is 0 Å². The number of imidazole rings is 1. The second-order valence-corrected chi connectivity index (χ2v) is 7.64. The highest BCUT2D eigenvalue weighted by atomic mass is 35.5. The Morgan fingerprint density at radius 3 is 2.95 bits per heavy atom. The van der Waals surface area contributed by atoms with Crippen LogP contribution >= 0.6 is 22.9 Å². The highest BCUT2D eigenvalue weighted by Crippen LogP contribution is 2.28. The molecule has 0 saturated heterocycles. The van der Waals surface area contributed by atoms with Crippen molar-refractivity contribution in [3.63, 3.8) is 0 Å². The van der Waals surface area contributed by atoms with Gasteiger partial charge in [-0.25, -0.2) is 13.4 Å².